The van der Waals surface area contributed by atoms with Gasteiger partial charge in [0, 0.05) is 6.61 Å². The summed E-state index contributed by atoms with van der Waals surface area (Å²) in [4.78, 5) is 11.5. The highest BCUT2D eigenvalue weighted by molar-refractivity contribution is 5.80. The van der Waals surface area contributed by atoms with E-state index in [0.29, 0.717) is 25.7 Å². The highest BCUT2D eigenvalue weighted by atomic mass is 16.5. The standard InChI is InChI=1S/C14H27NO3/c1-4-15-14(13(16)17,12-7-8-12)10-18-9-5-6-11(2)3/h11-12,15H,4-10H2,1-3H3,(H,16,17). The van der Waals surface area contributed by atoms with Crippen LogP contribution >= 0.6 is 0 Å². The maximum Gasteiger partial charge on any atom is 0.326 e. The number of nitrogens with one attached hydrogen (secondary N) is 1. The molecule has 106 valence electrons. The van der Waals surface area contributed by atoms with E-state index in [1.54, 1.807) is 0 Å². The van der Waals surface area contributed by atoms with Gasteiger partial charge in [-0.2, -0.15) is 0 Å². The van der Waals surface area contributed by atoms with Gasteiger partial charge in [0.05, 0.1) is 6.61 Å². The van der Waals surface area contributed by atoms with Crippen LogP contribution in [0.5, 0.6) is 0 Å². The minimum atomic E-state index is -0.855. The maximum absolute atomic E-state index is 11.5. The van der Waals surface area contributed by atoms with Crippen LogP contribution < -0.4 is 5.32 Å². The molecule has 0 bridgehead atoms. The molecule has 2 N–H and O–H groups in total. The number of rotatable bonds is 10. The molecule has 1 atom stereocenters. The van der Waals surface area contributed by atoms with Crippen LogP contribution in [-0.2, 0) is 9.53 Å². The van der Waals surface area contributed by atoms with Crippen molar-refractivity contribution < 1.29 is 14.6 Å². The van der Waals surface area contributed by atoms with E-state index in [1.807, 2.05) is 6.92 Å². The fourth-order valence-electron chi connectivity index (χ4n) is 2.34. The largest absolute Gasteiger partial charge is 0.480 e. The SMILES string of the molecule is CCNC(COCCCC(C)C)(C(=O)O)C1CC1. The van der Waals surface area contributed by atoms with Gasteiger partial charge in [0.2, 0.25) is 0 Å². The quantitative estimate of drug-likeness (QED) is 0.589. The van der Waals surface area contributed by atoms with Crippen LogP contribution in [0.3, 0.4) is 0 Å². The molecule has 1 aliphatic rings. The Morgan fingerprint density at radius 1 is 1.50 bits per heavy atom. The lowest BCUT2D eigenvalue weighted by molar-refractivity contribution is -0.149. The van der Waals surface area contributed by atoms with E-state index in [1.165, 1.54) is 0 Å². The van der Waals surface area contributed by atoms with Gasteiger partial charge < -0.3 is 9.84 Å². The summed E-state index contributed by atoms with van der Waals surface area (Å²) in [6.45, 7) is 7.93. The number of ether oxygens (including phenoxy) is 1. The Labute approximate surface area is 110 Å². The monoisotopic (exact) mass is 257 g/mol. The zero-order valence-corrected chi connectivity index (χ0v) is 11.9. The third-order valence-corrected chi connectivity index (χ3v) is 3.55. The lowest BCUT2D eigenvalue weighted by Crippen LogP contribution is -2.57. The molecule has 0 aliphatic heterocycles. The predicted molar refractivity (Wildman–Crippen MR) is 71.7 cm³/mol. The van der Waals surface area contributed by atoms with Crippen LogP contribution in [0, 0.1) is 11.8 Å². The van der Waals surface area contributed by atoms with Crippen molar-refractivity contribution in [3.8, 4) is 0 Å². The van der Waals surface area contributed by atoms with Gasteiger partial charge in [0.1, 0.15) is 5.54 Å². The second-order valence-corrected chi connectivity index (χ2v) is 5.67. The summed E-state index contributed by atoms with van der Waals surface area (Å²) in [6, 6.07) is 0. The molecule has 1 saturated carbocycles. The van der Waals surface area contributed by atoms with Crippen molar-refractivity contribution in [1.82, 2.24) is 5.32 Å². The Morgan fingerprint density at radius 2 is 2.17 bits per heavy atom. The van der Waals surface area contributed by atoms with Gasteiger partial charge in [-0.3, -0.25) is 10.1 Å². The molecule has 0 radical (unpaired) electrons. The van der Waals surface area contributed by atoms with Crippen LogP contribution in [0.1, 0.15) is 46.5 Å². The molecule has 1 rings (SSSR count). The number of aliphatic carboxylic acids is 1. The molecule has 4 heteroatoms. The first-order valence-electron chi connectivity index (χ1n) is 7.09. The number of carboxylic acid groups (broad SMARTS) is 1. The van der Waals surface area contributed by atoms with Crippen molar-refractivity contribution in [1.29, 1.82) is 0 Å². The summed E-state index contributed by atoms with van der Waals surface area (Å²) < 4.78 is 5.62. The van der Waals surface area contributed by atoms with Crippen LogP contribution in [0.4, 0.5) is 0 Å². The molecule has 0 amide bonds. The van der Waals surface area contributed by atoms with E-state index in [9.17, 15) is 9.90 Å². The Balaban J connectivity index is 2.39. The molecule has 0 heterocycles. The third kappa shape index (κ3) is 4.25. The Morgan fingerprint density at radius 3 is 2.61 bits per heavy atom. The van der Waals surface area contributed by atoms with Gasteiger partial charge in [-0.1, -0.05) is 20.8 Å². The molecule has 1 unspecified atom stereocenters. The first-order valence-corrected chi connectivity index (χ1v) is 7.09. The van der Waals surface area contributed by atoms with Gasteiger partial charge in [-0.15, -0.1) is 0 Å². The number of hydrogen-bond donors (Lipinski definition) is 2. The normalized spacial score (nSPS) is 18.9. The Bertz CT molecular complexity index is 264. The summed E-state index contributed by atoms with van der Waals surface area (Å²) in [6.07, 6.45) is 4.12. The lowest BCUT2D eigenvalue weighted by atomic mass is 9.94. The van der Waals surface area contributed by atoms with E-state index in [0.717, 1.165) is 25.7 Å². The predicted octanol–water partition coefficient (Wildman–Crippen LogP) is 2.28. The van der Waals surface area contributed by atoms with E-state index in [2.05, 4.69) is 19.2 Å². The van der Waals surface area contributed by atoms with Gasteiger partial charge >= 0.3 is 5.97 Å². The first kappa shape index (κ1) is 15.4. The summed E-state index contributed by atoms with van der Waals surface area (Å²) in [5.41, 5.74) is -0.855. The summed E-state index contributed by atoms with van der Waals surface area (Å²) in [5.74, 6) is 0.144. The van der Waals surface area contributed by atoms with Crippen molar-refractivity contribution in [2.24, 2.45) is 11.8 Å². The Hall–Kier alpha value is -0.610. The molecule has 0 aromatic heterocycles. The van der Waals surface area contributed by atoms with Crippen LogP contribution in [0.15, 0.2) is 0 Å². The fraction of sp³-hybridized carbons (Fsp3) is 0.929. The topological polar surface area (TPSA) is 58.6 Å². The Kier molecular flexibility index (Phi) is 6.09. The van der Waals surface area contributed by atoms with Crippen LogP contribution in [0.25, 0.3) is 0 Å². The molecule has 0 spiro atoms. The molecule has 0 aromatic rings. The molecule has 4 nitrogen and oxygen atoms in total. The summed E-state index contributed by atoms with van der Waals surface area (Å²) >= 11 is 0. The van der Waals surface area contributed by atoms with Gasteiger partial charge in [0.25, 0.3) is 0 Å². The average molecular weight is 257 g/mol. The second kappa shape index (κ2) is 7.10. The van der Waals surface area contributed by atoms with Crippen molar-refractivity contribution in [3.05, 3.63) is 0 Å². The number of hydrogen-bond acceptors (Lipinski definition) is 3. The third-order valence-electron chi connectivity index (χ3n) is 3.55. The highest BCUT2D eigenvalue weighted by Gasteiger charge is 2.51. The van der Waals surface area contributed by atoms with E-state index in [4.69, 9.17) is 4.74 Å². The van der Waals surface area contributed by atoms with Crippen molar-refractivity contribution >= 4 is 5.97 Å². The highest BCUT2D eigenvalue weighted by Crippen LogP contribution is 2.40. The minimum absolute atomic E-state index is 0.236. The van der Waals surface area contributed by atoms with Gasteiger partial charge in [-0.05, 0) is 44.1 Å². The van der Waals surface area contributed by atoms with Gasteiger partial charge in [-0.25, -0.2) is 0 Å². The molecule has 1 aliphatic carbocycles. The number of carbonyl (C=O) groups is 1. The molecule has 0 saturated heterocycles. The maximum atomic E-state index is 11.5. The molecule has 0 aromatic carbocycles. The van der Waals surface area contributed by atoms with E-state index in [-0.39, 0.29) is 5.92 Å². The van der Waals surface area contributed by atoms with Crippen molar-refractivity contribution in [2.45, 2.75) is 52.0 Å². The zero-order chi connectivity index (χ0) is 13.6. The molecular weight excluding hydrogens is 230 g/mol. The number of likely N-dealkylation sites (N-methyl/N-ethyl adjacent to an activating group) is 1. The first-order chi connectivity index (χ1) is 8.53. The molecular formula is C14H27NO3. The fourth-order valence-corrected chi connectivity index (χ4v) is 2.34. The summed E-state index contributed by atoms with van der Waals surface area (Å²) in [5, 5.41) is 12.6. The average Bonchev–Trinajstić information content (AvgIpc) is 3.10. The van der Waals surface area contributed by atoms with E-state index < -0.39 is 11.5 Å². The molecule has 18 heavy (non-hydrogen) atoms. The van der Waals surface area contributed by atoms with Gasteiger partial charge in [0.15, 0.2) is 0 Å². The van der Waals surface area contributed by atoms with Crippen molar-refractivity contribution in [3.63, 3.8) is 0 Å². The minimum Gasteiger partial charge on any atom is -0.480 e. The van der Waals surface area contributed by atoms with Crippen LogP contribution in [-0.4, -0.2) is 36.4 Å². The van der Waals surface area contributed by atoms with Crippen LogP contribution in [0.2, 0.25) is 0 Å². The smallest absolute Gasteiger partial charge is 0.326 e. The number of carboxylic acids is 1. The summed E-state index contributed by atoms with van der Waals surface area (Å²) in [7, 11) is 0. The second-order valence-electron chi connectivity index (χ2n) is 5.67. The van der Waals surface area contributed by atoms with E-state index >= 15 is 0 Å². The zero-order valence-electron chi connectivity index (χ0n) is 11.9. The molecule has 1 fully saturated rings. The van der Waals surface area contributed by atoms with Crippen molar-refractivity contribution in [2.75, 3.05) is 19.8 Å². The lowest BCUT2D eigenvalue weighted by Gasteiger charge is -2.30.